The van der Waals surface area contributed by atoms with Crippen molar-refractivity contribution in [1.82, 2.24) is 14.6 Å². The summed E-state index contributed by atoms with van der Waals surface area (Å²) in [5, 5.41) is 14.4. The maximum absolute atomic E-state index is 12.2. The summed E-state index contributed by atoms with van der Waals surface area (Å²) in [6, 6.07) is 12.1. The molecule has 8 heteroatoms. The van der Waals surface area contributed by atoms with E-state index in [9.17, 15) is 4.79 Å². The van der Waals surface area contributed by atoms with Crippen LogP contribution in [0.25, 0.3) is 5.65 Å². The molecule has 1 fully saturated rings. The van der Waals surface area contributed by atoms with Crippen molar-refractivity contribution in [1.29, 1.82) is 0 Å². The van der Waals surface area contributed by atoms with Crippen LogP contribution in [-0.4, -0.2) is 39.8 Å². The molecule has 0 radical (unpaired) electrons. The Morgan fingerprint density at radius 3 is 2.86 bits per heavy atom. The van der Waals surface area contributed by atoms with Gasteiger partial charge < -0.3 is 20.7 Å². The lowest BCUT2D eigenvalue weighted by molar-refractivity contribution is -0.119. The van der Waals surface area contributed by atoms with E-state index in [1.165, 1.54) is 0 Å². The van der Waals surface area contributed by atoms with Gasteiger partial charge in [0.15, 0.2) is 5.65 Å². The summed E-state index contributed by atoms with van der Waals surface area (Å²) in [4.78, 5) is 16.8. The molecule has 2 aromatic heterocycles. The van der Waals surface area contributed by atoms with Crippen LogP contribution in [-0.2, 0) is 14.9 Å². The van der Waals surface area contributed by atoms with E-state index in [4.69, 9.17) is 4.74 Å². The maximum atomic E-state index is 12.2. The van der Waals surface area contributed by atoms with Crippen molar-refractivity contribution in [3.63, 3.8) is 0 Å². The minimum atomic E-state index is -0.514. The highest BCUT2D eigenvalue weighted by molar-refractivity contribution is 6.06. The third-order valence-corrected chi connectivity index (χ3v) is 5.70. The molecule has 5 rings (SSSR count). The van der Waals surface area contributed by atoms with Crippen molar-refractivity contribution in [2.45, 2.75) is 38.1 Å². The molecule has 0 spiro atoms. The molecule has 0 aliphatic carbocycles. The molecule has 0 bridgehead atoms. The Bertz CT molecular complexity index is 1080. The van der Waals surface area contributed by atoms with Gasteiger partial charge in [0.1, 0.15) is 5.82 Å². The molecule has 3 N–H and O–H groups in total. The van der Waals surface area contributed by atoms with Crippen molar-refractivity contribution in [2.75, 3.05) is 29.2 Å². The molecule has 1 amide bonds. The van der Waals surface area contributed by atoms with Gasteiger partial charge in [-0.2, -0.15) is 9.50 Å². The molecule has 150 valence electrons. The van der Waals surface area contributed by atoms with Crippen LogP contribution in [0.1, 0.15) is 32.3 Å². The number of anilines is 4. The SMILES string of the molecule is CC1(C)C(=O)Nc2cc(Nc3nc4cccc(NC5CCOCC5)n4n3)ccc21. The minimum absolute atomic E-state index is 0.0133. The first-order valence-electron chi connectivity index (χ1n) is 9.94. The first-order chi connectivity index (χ1) is 14.0. The molecule has 2 aliphatic rings. The average Bonchev–Trinajstić information content (AvgIpc) is 3.21. The zero-order valence-electron chi connectivity index (χ0n) is 16.5. The van der Waals surface area contributed by atoms with E-state index in [0.29, 0.717) is 12.0 Å². The van der Waals surface area contributed by atoms with Crippen LogP contribution >= 0.6 is 0 Å². The van der Waals surface area contributed by atoms with Gasteiger partial charge in [0.25, 0.3) is 0 Å². The van der Waals surface area contributed by atoms with E-state index < -0.39 is 5.41 Å². The van der Waals surface area contributed by atoms with Crippen LogP contribution in [0.5, 0.6) is 0 Å². The molecule has 4 heterocycles. The van der Waals surface area contributed by atoms with Crippen LogP contribution in [0.15, 0.2) is 36.4 Å². The first kappa shape index (κ1) is 17.9. The van der Waals surface area contributed by atoms with Gasteiger partial charge in [-0.3, -0.25) is 4.79 Å². The molecule has 29 heavy (non-hydrogen) atoms. The molecule has 3 aromatic rings. The predicted octanol–water partition coefficient (Wildman–Crippen LogP) is 3.29. The molecule has 8 nitrogen and oxygen atoms in total. The lowest BCUT2D eigenvalue weighted by Crippen LogP contribution is -2.28. The van der Waals surface area contributed by atoms with Crippen molar-refractivity contribution in [3.05, 3.63) is 42.0 Å². The van der Waals surface area contributed by atoms with Gasteiger partial charge in [0, 0.05) is 30.6 Å². The highest BCUT2D eigenvalue weighted by Crippen LogP contribution is 2.38. The number of rotatable bonds is 4. The summed E-state index contributed by atoms with van der Waals surface area (Å²) in [5.41, 5.74) is 2.91. The Hall–Kier alpha value is -3.13. The van der Waals surface area contributed by atoms with Crippen LogP contribution in [0.2, 0.25) is 0 Å². The average molecular weight is 392 g/mol. The molecular formula is C21H24N6O2. The zero-order valence-corrected chi connectivity index (χ0v) is 16.5. The number of hydrogen-bond donors (Lipinski definition) is 3. The lowest BCUT2D eigenvalue weighted by atomic mass is 9.86. The lowest BCUT2D eigenvalue weighted by Gasteiger charge is -2.24. The van der Waals surface area contributed by atoms with Gasteiger partial charge in [-0.05, 0) is 56.5 Å². The molecular weight excluding hydrogens is 368 g/mol. The van der Waals surface area contributed by atoms with Crippen LogP contribution in [0, 0.1) is 0 Å². The second kappa shape index (κ2) is 6.73. The van der Waals surface area contributed by atoms with Gasteiger partial charge >= 0.3 is 0 Å². The number of carbonyl (C=O) groups is 1. The fourth-order valence-corrected chi connectivity index (χ4v) is 3.92. The van der Waals surface area contributed by atoms with Crippen molar-refractivity contribution < 1.29 is 9.53 Å². The molecule has 1 saturated heterocycles. The van der Waals surface area contributed by atoms with Crippen LogP contribution in [0.4, 0.5) is 23.1 Å². The second-order valence-electron chi connectivity index (χ2n) is 8.11. The van der Waals surface area contributed by atoms with Crippen LogP contribution in [0.3, 0.4) is 0 Å². The predicted molar refractivity (Wildman–Crippen MR) is 112 cm³/mol. The third-order valence-electron chi connectivity index (χ3n) is 5.70. The topological polar surface area (TPSA) is 92.6 Å². The molecule has 2 aliphatic heterocycles. The fourth-order valence-electron chi connectivity index (χ4n) is 3.92. The van der Waals surface area contributed by atoms with Gasteiger partial charge in [-0.15, -0.1) is 5.10 Å². The van der Waals surface area contributed by atoms with E-state index >= 15 is 0 Å². The molecule has 0 saturated carbocycles. The summed E-state index contributed by atoms with van der Waals surface area (Å²) in [7, 11) is 0. The number of pyridine rings is 1. The van der Waals surface area contributed by atoms with Crippen LogP contribution < -0.4 is 16.0 Å². The smallest absolute Gasteiger partial charge is 0.247 e. The number of aromatic nitrogens is 3. The normalized spacial score (nSPS) is 18.5. The first-order valence-corrected chi connectivity index (χ1v) is 9.94. The second-order valence-corrected chi connectivity index (χ2v) is 8.11. The summed E-state index contributed by atoms with van der Waals surface area (Å²) < 4.78 is 7.25. The third kappa shape index (κ3) is 3.19. The summed E-state index contributed by atoms with van der Waals surface area (Å²) in [6.45, 7) is 5.42. The standard InChI is InChI=1S/C21H24N6O2/c1-21(2)15-7-6-14(12-16(15)24-19(21)28)23-20-25-18-5-3-4-17(27(18)26-20)22-13-8-10-29-11-9-13/h3-7,12-13,22H,8-11H2,1-2H3,(H,23,26)(H,24,28). The van der Waals surface area contributed by atoms with E-state index in [1.807, 2.05) is 54.8 Å². The molecule has 1 aromatic carbocycles. The molecule has 0 atom stereocenters. The van der Waals surface area contributed by atoms with Gasteiger partial charge in [0.05, 0.1) is 5.41 Å². The summed E-state index contributed by atoms with van der Waals surface area (Å²) in [5.74, 6) is 1.44. The van der Waals surface area contributed by atoms with Gasteiger partial charge in [-0.1, -0.05) is 12.1 Å². The number of fused-ring (bicyclic) bond motifs is 2. The number of nitrogens with one attached hydrogen (secondary N) is 3. The number of ether oxygens (including phenoxy) is 1. The Morgan fingerprint density at radius 1 is 1.21 bits per heavy atom. The monoisotopic (exact) mass is 392 g/mol. The number of hydrogen-bond acceptors (Lipinski definition) is 6. The maximum Gasteiger partial charge on any atom is 0.247 e. The Labute approximate surface area is 168 Å². The number of benzene rings is 1. The van der Waals surface area contributed by atoms with E-state index in [0.717, 1.165) is 54.5 Å². The van der Waals surface area contributed by atoms with E-state index in [1.54, 1.807) is 0 Å². The molecule has 0 unspecified atom stereocenters. The largest absolute Gasteiger partial charge is 0.381 e. The fraction of sp³-hybridized carbons (Fsp3) is 0.381. The Kier molecular flexibility index (Phi) is 4.16. The van der Waals surface area contributed by atoms with Gasteiger partial charge in [0.2, 0.25) is 11.9 Å². The van der Waals surface area contributed by atoms with Crippen molar-refractivity contribution >= 4 is 34.7 Å². The Morgan fingerprint density at radius 2 is 2.03 bits per heavy atom. The minimum Gasteiger partial charge on any atom is -0.381 e. The van der Waals surface area contributed by atoms with Gasteiger partial charge in [-0.25, -0.2) is 0 Å². The number of amides is 1. The zero-order chi connectivity index (χ0) is 20.0. The Balaban J connectivity index is 1.40. The van der Waals surface area contributed by atoms with E-state index in [2.05, 4.69) is 26.0 Å². The quantitative estimate of drug-likeness (QED) is 0.631. The number of carbonyl (C=O) groups excluding carboxylic acids is 1. The van der Waals surface area contributed by atoms with E-state index in [-0.39, 0.29) is 5.91 Å². The highest BCUT2D eigenvalue weighted by atomic mass is 16.5. The van der Waals surface area contributed by atoms with Crippen molar-refractivity contribution in [3.8, 4) is 0 Å². The highest BCUT2D eigenvalue weighted by Gasteiger charge is 2.38. The van der Waals surface area contributed by atoms with Crippen molar-refractivity contribution in [2.24, 2.45) is 0 Å². The number of nitrogens with zero attached hydrogens (tertiary/aromatic N) is 3. The summed E-state index contributed by atoms with van der Waals surface area (Å²) >= 11 is 0. The summed E-state index contributed by atoms with van der Waals surface area (Å²) in [6.07, 6.45) is 1.96.